The average molecular weight is 327 g/mol. The summed E-state index contributed by atoms with van der Waals surface area (Å²) in [5.41, 5.74) is 2.11. The number of nitrogens with zero attached hydrogens (tertiary/aromatic N) is 1. The Morgan fingerprint density at radius 2 is 1.92 bits per heavy atom. The summed E-state index contributed by atoms with van der Waals surface area (Å²) in [6.45, 7) is 4.11. The molecule has 2 aromatic rings. The Kier molecular flexibility index (Phi) is 6.31. The topological polar surface area (TPSA) is 80.3 Å². The van der Waals surface area contributed by atoms with Gasteiger partial charge >= 0.3 is 0 Å². The molecule has 0 fully saturated rings. The van der Waals surface area contributed by atoms with Crippen molar-refractivity contribution in [2.24, 2.45) is 0 Å². The lowest BCUT2D eigenvalue weighted by Crippen LogP contribution is -2.33. The van der Waals surface area contributed by atoms with Crippen molar-refractivity contribution in [3.05, 3.63) is 53.7 Å². The van der Waals surface area contributed by atoms with Gasteiger partial charge in [0.1, 0.15) is 5.56 Å². The van der Waals surface area contributed by atoms with Crippen LogP contribution in [0.25, 0.3) is 0 Å². The molecule has 0 aliphatic carbocycles. The van der Waals surface area contributed by atoms with E-state index >= 15 is 0 Å². The van der Waals surface area contributed by atoms with Crippen LogP contribution < -0.4 is 15.4 Å². The lowest BCUT2D eigenvalue weighted by Gasteiger charge is -2.11. The number of carbonyl (C=O) groups is 2. The number of carbonyl (C=O) groups excluding carboxylic acids is 2. The fourth-order valence-electron chi connectivity index (χ4n) is 2.22. The minimum absolute atomic E-state index is 0.128. The van der Waals surface area contributed by atoms with E-state index in [-0.39, 0.29) is 18.3 Å². The number of ether oxygens (including phenoxy) is 1. The molecule has 0 aliphatic rings. The monoisotopic (exact) mass is 327 g/mol. The van der Waals surface area contributed by atoms with Crippen LogP contribution in [-0.2, 0) is 11.2 Å². The van der Waals surface area contributed by atoms with E-state index in [0.717, 1.165) is 17.7 Å². The molecule has 6 nitrogen and oxygen atoms in total. The number of rotatable bonds is 7. The second-order valence-corrected chi connectivity index (χ2v) is 5.03. The maximum Gasteiger partial charge on any atom is 0.257 e. The predicted molar refractivity (Wildman–Crippen MR) is 92.2 cm³/mol. The summed E-state index contributed by atoms with van der Waals surface area (Å²) in [4.78, 5) is 28.3. The molecule has 0 aliphatic heterocycles. The summed E-state index contributed by atoms with van der Waals surface area (Å²) in [6.07, 6.45) is 2.37. The van der Waals surface area contributed by atoms with Gasteiger partial charge in [0.25, 0.3) is 5.91 Å². The van der Waals surface area contributed by atoms with Gasteiger partial charge < -0.3 is 15.4 Å². The first-order valence-electron chi connectivity index (χ1n) is 7.89. The summed E-state index contributed by atoms with van der Waals surface area (Å²) in [7, 11) is 0. The average Bonchev–Trinajstić information content (AvgIpc) is 2.61. The smallest absolute Gasteiger partial charge is 0.257 e. The highest BCUT2D eigenvalue weighted by Crippen LogP contribution is 2.15. The molecule has 0 saturated heterocycles. The molecule has 1 aromatic carbocycles. The Balaban J connectivity index is 1.95. The molecule has 6 heteroatoms. The molecule has 0 saturated carbocycles. The maximum atomic E-state index is 12.2. The molecule has 1 heterocycles. The zero-order valence-corrected chi connectivity index (χ0v) is 13.8. The molecule has 0 spiro atoms. The van der Waals surface area contributed by atoms with Crippen LogP contribution in [0.1, 0.15) is 29.8 Å². The van der Waals surface area contributed by atoms with Crippen molar-refractivity contribution >= 4 is 17.5 Å². The van der Waals surface area contributed by atoms with E-state index in [9.17, 15) is 9.59 Å². The minimum Gasteiger partial charge on any atom is -0.477 e. The third kappa shape index (κ3) is 4.55. The first-order valence-corrected chi connectivity index (χ1v) is 7.89. The van der Waals surface area contributed by atoms with Gasteiger partial charge in [-0.1, -0.05) is 25.1 Å². The fraction of sp³-hybridized carbons (Fsp3) is 0.278. The van der Waals surface area contributed by atoms with Gasteiger partial charge in [0, 0.05) is 11.9 Å². The van der Waals surface area contributed by atoms with Crippen LogP contribution >= 0.6 is 0 Å². The normalized spacial score (nSPS) is 10.1. The summed E-state index contributed by atoms with van der Waals surface area (Å²) in [6, 6.07) is 10.8. The summed E-state index contributed by atoms with van der Waals surface area (Å²) < 4.78 is 5.32. The highest BCUT2D eigenvalue weighted by atomic mass is 16.5. The Hall–Kier alpha value is -2.89. The van der Waals surface area contributed by atoms with Gasteiger partial charge in [-0.3, -0.25) is 9.59 Å². The lowest BCUT2D eigenvalue weighted by atomic mass is 10.1. The quantitative estimate of drug-likeness (QED) is 0.818. The van der Waals surface area contributed by atoms with E-state index in [4.69, 9.17) is 4.74 Å². The van der Waals surface area contributed by atoms with Crippen molar-refractivity contribution in [1.29, 1.82) is 0 Å². The predicted octanol–water partition coefficient (Wildman–Crippen LogP) is 2.41. The number of aromatic nitrogens is 1. The van der Waals surface area contributed by atoms with E-state index in [1.807, 2.05) is 38.1 Å². The number of amides is 2. The SMILES string of the molecule is CCOc1ncccc1C(=O)NCC(=O)Nc1ccccc1CC. The lowest BCUT2D eigenvalue weighted by molar-refractivity contribution is -0.115. The molecule has 0 radical (unpaired) electrons. The summed E-state index contributed by atoms with van der Waals surface area (Å²) >= 11 is 0. The van der Waals surface area contributed by atoms with Crippen LogP contribution in [0.4, 0.5) is 5.69 Å². The molecule has 0 atom stereocenters. The van der Waals surface area contributed by atoms with Crippen molar-refractivity contribution in [3.8, 4) is 5.88 Å². The Morgan fingerprint density at radius 1 is 1.12 bits per heavy atom. The molecule has 126 valence electrons. The van der Waals surface area contributed by atoms with Gasteiger partial charge in [-0.2, -0.15) is 0 Å². The number of para-hydroxylation sites is 1. The first kappa shape index (κ1) is 17.5. The number of pyridine rings is 1. The van der Waals surface area contributed by atoms with Crippen molar-refractivity contribution in [3.63, 3.8) is 0 Å². The number of aryl methyl sites for hydroxylation is 1. The van der Waals surface area contributed by atoms with E-state index in [2.05, 4.69) is 15.6 Å². The molecule has 24 heavy (non-hydrogen) atoms. The molecule has 2 N–H and O–H groups in total. The fourth-order valence-corrected chi connectivity index (χ4v) is 2.22. The van der Waals surface area contributed by atoms with Crippen LogP contribution in [0.2, 0.25) is 0 Å². The largest absolute Gasteiger partial charge is 0.477 e. The van der Waals surface area contributed by atoms with Gasteiger partial charge in [-0.05, 0) is 37.1 Å². The molecule has 0 bridgehead atoms. The standard InChI is InChI=1S/C18H21N3O3/c1-3-13-8-5-6-10-15(13)21-16(22)12-20-17(23)14-9-7-11-19-18(14)24-4-2/h5-11H,3-4,12H2,1-2H3,(H,20,23)(H,21,22). The van der Waals surface area contributed by atoms with Crippen LogP contribution in [0.15, 0.2) is 42.6 Å². The van der Waals surface area contributed by atoms with Gasteiger partial charge in [-0.25, -0.2) is 4.98 Å². The Morgan fingerprint density at radius 3 is 2.67 bits per heavy atom. The van der Waals surface area contributed by atoms with Crippen LogP contribution in [0, 0.1) is 0 Å². The van der Waals surface area contributed by atoms with Crippen molar-refractivity contribution in [2.45, 2.75) is 20.3 Å². The second-order valence-electron chi connectivity index (χ2n) is 5.03. The Bertz CT molecular complexity index is 716. The third-order valence-electron chi connectivity index (χ3n) is 3.38. The maximum absolute atomic E-state index is 12.2. The van der Waals surface area contributed by atoms with Crippen molar-refractivity contribution in [2.75, 3.05) is 18.5 Å². The van der Waals surface area contributed by atoms with Gasteiger partial charge in [0.2, 0.25) is 11.8 Å². The molecule has 0 unspecified atom stereocenters. The number of hydrogen-bond acceptors (Lipinski definition) is 4. The van der Waals surface area contributed by atoms with E-state index in [1.165, 1.54) is 0 Å². The molecule has 2 amide bonds. The van der Waals surface area contributed by atoms with E-state index in [0.29, 0.717) is 12.2 Å². The Labute approximate surface area is 141 Å². The van der Waals surface area contributed by atoms with Crippen LogP contribution in [0.5, 0.6) is 5.88 Å². The van der Waals surface area contributed by atoms with Gasteiger partial charge in [0.05, 0.1) is 13.2 Å². The van der Waals surface area contributed by atoms with E-state index in [1.54, 1.807) is 18.3 Å². The van der Waals surface area contributed by atoms with Crippen LogP contribution in [0.3, 0.4) is 0 Å². The zero-order chi connectivity index (χ0) is 17.4. The number of benzene rings is 1. The van der Waals surface area contributed by atoms with E-state index < -0.39 is 5.91 Å². The third-order valence-corrected chi connectivity index (χ3v) is 3.38. The zero-order valence-electron chi connectivity index (χ0n) is 13.8. The summed E-state index contributed by atoms with van der Waals surface area (Å²) in [5.74, 6) is -0.425. The second kappa shape index (κ2) is 8.67. The molecular formula is C18H21N3O3. The number of anilines is 1. The summed E-state index contributed by atoms with van der Waals surface area (Å²) in [5, 5.41) is 5.39. The number of hydrogen-bond donors (Lipinski definition) is 2. The molecule has 1 aromatic heterocycles. The number of nitrogens with one attached hydrogen (secondary N) is 2. The van der Waals surface area contributed by atoms with Crippen molar-refractivity contribution in [1.82, 2.24) is 10.3 Å². The molecular weight excluding hydrogens is 306 g/mol. The van der Waals surface area contributed by atoms with Crippen LogP contribution in [-0.4, -0.2) is 29.9 Å². The van der Waals surface area contributed by atoms with Crippen molar-refractivity contribution < 1.29 is 14.3 Å². The van der Waals surface area contributed by atoms with Gasteiger partial charge in [0.15, 0.2) is 0 Å². The van der Waals surface area contributed by atoms with Gasteiger partial charge in [-0.15, -0.1) is 0 Å². The highest BCUT2D eigenvalue weighted by molar-refractivity contribution is 6.00. The molecule has 2 rings (SSSR count). The highest BCUT2D eigenvalue weighted by Gasteiger charge is 2.14. The minimum atomic E-state index is -0.398. The first-order chi connectivity index (χ1) is 11.7.